The molecule has 1 atom stereocenters. The number of fused-ring (bicyclic) bond motifs is 3. The minimum absolute atomic E-state index is 0.137. The topological polar surface area (TPSA) is 67.2 Å². The van der Waals surface area contributed by atoms with Gasteiger partial charge in [0.1, 0.15) is 0 Å². The minimum Gasteiger partial charge on any atom is -0.392 e. The largest absolute Gasteiger partial charge is 0.416 e. The summed E-state index contributed by atoms with van der Waals surface area (Å²) in [6, 6.07) is 10.1. The van der Waals surface area contributed by atoms with Crippen LogP contribution in [-0.2, 0) is 6.18 Å². The molecule has 0 fully saturated rings. The number of aromatic nitrogens is 2. The number of nitrogens with one attached hydrogen (secondary N) is 1. The first-order valence-corrected chi connectivity index (χ1v) is 9.98. The van der Waals surface area contributed by atoms with Crippen LogP contribution >= 0.6 is 11.5 Å². The van der Waals surface area contributed by atoms with Gasteiger partial charge in [-0.15, -0.1) is 0 Å². The first-order valence-electron chi connectivity index (χ1n) is 9.21. The number of halogens is 3. The Kier molecular flexibility index (Phi) is 5.03. The molecule has 0 aliphatic carbocycles. The van der Waals surface area contributed by atoms with Crippen molar-refractivity contribution in [3.05, 3.63) is 58.5 Å². The predicted molar refractivity (Wildman–Crippen MR) is 110 cm³/mol. The molecule has 1 amide bonds. The van der Waals surface area contributed by atoms with Crippen LogP contribution < -0.4 is 5.32 Å². The maximum Gasteiger partial charge on any atom is 0.416 e. The summed E-state index contributed by atoms with van der Waals surface area (Å²) in [4.78, 5) is 13.4. The highest BCUT2D eigenvalue weighted by Gasteiger charge is 2.30. The summed E-state index contributed by atoms with van der Waals surface area (Å²) in [7, 11) is 0. The Labute approximate surface area is 173 Å². The van der Waals surface area contributed by atoms with E-state index in [1.807, 2.05) is 6.92 Å². The zero-order chi connectivity index (χ0) is 21.6. The van der Waals surface area contributed by atoms with Crippen LogP contribution in [0, 0.1) is 6.92 Å². The van der Waals surface area contributed by atoms with Gasteiger partial charge in [0.25, 0.3) is 5.91 Å². The van der Waals surface area contributed by atoms with E-state index in [0.717, 1.165) is 33.3 Å². The third-order valence-corrected chi connectivity index (χ3v) is 5.58. The predicted octanol–water partition coefficient (Wildman–Crippen LogP) is 4.68. The fourth-order valence-corrected chi connectivity index (χ4v) is 4.10. The van der Waals surface area contributed by atoms with Crippen LogP contribution in [0.25, 0.3) is 27.6 Å². The van der Waals surface area contributed by atoms with Gasteiger partial charge in [-0.1, -0.05) is 0 Å². The number of carbonyl (C=O) groups is 1. The van der Waals surface area contributed by atoms with Crippen LogP contribution in [0.3, 0.4) is 0 Å². The number of carbonyl (C=O) groups excluding carboxylic acids is 1. The first kappa shape index (κ1) is 20.4. The lowest BCUT2D eigenvalue weighted by Gasteiger charge is -2.10. The summed E-state index contributed by atoms with van der Waals surface area (Å²) < 4.78 is 45.1. The molecule has 5 nitrogen and oxygen atoms in total. The summed E-state index contributed by atoms with van der Waals surface area (Å²) in [5.74, 6) is -0.311. The van der Waals surface area contributed by atoms with Gasteiger partial charge in [0, 0.05) is 33.4 Å². The normalized spacial score (nSPS) is 13.1. The van der Waals surface area contributed by atoms with Gasteiger partial charge in [-0.3, -0.25) is 9.36 Å². The molecule has 0 bridgehead atoms. The molecule has 0 aliphatic rings. The van der Waals surface area contributed by atoms with E-state index in [9.17, 15) is 23.1 Å². The standard InChI is InChI=1S/C21H18F3N3O2S/c1-11(28)10-25-20(29)13-3-8-17-16(9-13)18-12(2)30-26-19(18)27(17)15-6-4-14(5-7-15)21(22,23)24/h3-9,11,28H,10H2,1-2H3,(H,25,29)/t11-/m0/s1. The fourth-order valence-electron chi connectivity index (χ4n) is 3.41. The Hall–Kier alpha value is -2.91. The fraction of sp³-hybridized carbons (Fsp3) is 0.238. The Bertz CT molecular complexity index is 1240. The van der Waals surface area contributed by atoms with Crippen LogP contribution in [0.1, 0.15) is 27.7 Å². The van der Waals surface area contributed by atoms with Crippen molar-refractivity contribution in [2.75, 3.05) is 6.54 Å². The monoisotopic (exact) mass is 433 g/mol. The quantitative estimate of drug-likeness (QED) is 0.491. The van der Waals surface area contributed by atoms with Crippen molar-refractivity contribution in [1.82, 2.24) is 14.3 Å². The van der Waals surface area contributed by atoms with Crippen molar-refractivity contribution in [2.45, 2.75) is 26.1 Å². The Morgan fingerprint density at radius 3 is 2.57 bits per heavy atom. The maximum absolute atomic E-state index is 12.9. The van der Waals surface area contributed by atoms with Crippen molar-refractivity contribution in [3.63, 3.8) is 0 Å². The van der Waals surface area contributed by atoms with Crippen molar-refractivity contribution >= 4 is 39.4 Å². The van der Waals surface area contributed by atoms with Crippen molar-refractivity contribution in [1.29, 1.82) is 0 Å². The summed E-state index contributed by atoms with van der Waals surface area (Å²) in [6.07, 6.45) is -5.06. The summed E-state index contributed by atoms with van der Waals surface area (Å²) >= 11 is 1.30. The second-order valence-electron chi connectivity index (χ2n) is 7.11. The molecule has 0 saturated carbocycles. The van der Waals surface area contributed by atoms with Gasteiger partial charge in [0.15, 0.2) is 5.65 Å². The van der Waals surface area contributed by atoms with Crippen LogP contribution in [-0.4, -0.2) is 32.6 Å². The maximum atomic E-state index is 12.9. The van der Waals surface area contributed by atoms with E-state index in [0.29, 0.717) is 16.9 Å². The van der Waals surface area contributed by atoms with Gasteiger partial charge >= 0.3 is 6.18 Å². The van der Waals surface area contributed by atoms with E-state index in [-0.39, 0.29) is 12.5 Å². The van der Waals surface area contributed by atoms with Gasteiger partial charge < -0.3 is 10.4 Å². The highest BCUT2D eigenvalue weighted by molar-refractivity contribution is 7.07. The number of hydrogen-bond acceptors (Lipinski definition) is 4. The van der Waals surface area contributed by atoms with Crippen molar-refractivity contribution in [3.8, 4) is 5.69 Å². The smallest absolute Gasteiger partial charge is 0.392 e. The molecule has 9 heteroatoms. The van der Waals surface area contributed by atoms with Crippen LogP contribution in [0.2, 0.25) is 0 Å². The molecular weight excluding hydrogens is 415 g/mol. The average molecular weight is 433 g/mol. The zero-order valence-corrected chi connectivity index (χ0v) is 16.9. The lowest BCUT2D eigenvalue weighted by molar-refractivity contribution is -0.137. The molecule has 4 aromatic rings. The molecule has 0 unspecified atom stereocenters. The van der Waals surface area contributed by atoms with E-state index in [4.69, 9.17) is 0 Å². The molecule has 0 aliphatic heterocycles. The molecule has 0 spiro atoms. The Morgan fingerprint density at radius 2 is 1.93 bits per heavy atom. The zero-order valence-electron chi connectivity index (χ0n) is 16.1. The molecule has 2 N–H and O–H groups in total. The van der Waals surface area contributed by atoms with E-state index in [1.165, 1.54) is 23.7 Å². The second-order valence-corrected chi connectivity index (χ2v) is 8.09. The molecule has 2 heterocycles. The number of alkyl halides is 3. The molecule has 156 valence electrons. The van der Waals surface area contributed by atoms with Gasteiger partial charge in [0.05, 0.1) is 17.2 Å². The number of nitrogens with zero attached hydrogens (tertiary/aromatic N) is 2. The van der Waals surface area contributed by atoms with E-state index < -0.39 is 17.8 Å². The highest BCUT2D eigenvalue weighted by Crippen LogP contribution is 2.36. The van der Waals surface area contributed by atoms with E-state index >= 15 is 0 Å². The molecule has 0 radical (unpaired) electrons. The summed E-state index contributed by atoms with van der Waals surface area (Å²) in [5.41, 5.74) is 1.65. The molecule has 2 aromatic heterocycles. The molecule has 30 heavy (non-hydrogen) atoms. The van der Waals surface area contributed by atoms with E-state index in [2.05, 4.69) is 9.69 Å². The van der Waals surface area contributed by atoms with Crippen molar-refractivity contribution in [2.24, 2.45) is 0 Å². The van der Waals surface area contributed by atoms with Crippen LogP contribution in [0.5, 0.6) is 0 Å². The average Bonchev–Trinajstić information content (AvgIpc) is 3.22. The van der Waals surface area contributed by atoms with Gasteiger partial charge in [-0.05, 0) is 67.8 Å². The van der Waals surface area contributed by atoms with Gasteiger partial charge in [-0.25, -0.2) is 0 Å². The second kappa shape index (κ2) is 7.41. The summed E-state index contributed by atoms with van der Waals surface area (Å²) in [5, 5.41) is 13.7. The van der Waals surface area contributed by atoms with Crippen LogP contribution in [0.4, 0.5) is 13.2 Å². The number of aliphatic hydroxyl groups is 1. The number of hydrogen-bond donors (Lipinski definition) is 2. The molecule has 4 rings (SSSR count). The Morgan fingerprint density at radius 1 is 1.23 bits per heavy atom. The SMILES string of the molecule is Cc1snc2c1c1cc(C(=O)NC[C@H](C)O)ccc1n2-c1ccc(C(F)(F)F)cc1. The minimum atomic E-state index is -4.40. The molecular formula is C21H18F3N3O2S. The third kappa shape index (κ3) is 3.54. The lowest BCUT2D eigenvalue weighted by Crippen LogP contribution is -2.30. The van der Waals surface area contributed by atoms with Crippen LogP contribution in [0.15, 0.2) is 42.5 Å². The number of aryl methyl sites for hydroxylation is 1. The number of benzene rings is 2. The number of rotatable bonds is 4. The molecule has 0 saturated heterocycles. The van der Waals surface area contributed by atoms with E-state index in [1.54, 1.807) is 29.7 Å². The number of aliphatic hydroxyl groups excluding tert-OH is 1. The first-order chi connectivity index (χ1) is 14.2. The highest BCUT2D eigenvalue weighted by atomic mass is 32.1. The van der Waals surface area contributed by atoms with Crippen molar-refractivity contribution < 1.29 is 23.1 Å². The van der Waals surface area contributed by atoms with Gasteiger partial charge in [-0.2, -0.15) is 17.5 Å². The molecule has 2 aromatic carbocycles. The lowest BCUT2D eigenvalue weighted by atomic mass is 10.1. The Balaban J connectivity index is 1.85. The van der Waals surface area contributed by atoms with Gasteiger partial charge in [0.2, 0.25) is 0 Å². The third-order valence-electron chi connectivity index (χ3n) is 4.84. The summed E-state index contributed by atoms with van der Waals surface area (Å²) in [6.45, 7) is 3.63. The number of amides is 1.